The Morgan fingerprint density at radius 2 is 1.85 bits per heavy atom. The number of aromatic nitrogens is 3. The van der Waals surface area contributed by atoms with Crippen LogP contribution in [-0.4, -0.2) is 27.1 Å². The van der Waals surface area contributed by atoms with E-state index >= 15 is 0 Å². The minimum absolute atomic E-state index is 0.165. The molecule has 0 atom stereocenters. The van der Waals surface area contributed by atoms with E-state index in [1.54, 1.807) is 10.9 Å². The molecule has 3 aromatic carbocycles. The number of rotatable bonds is 5. The molecule has 0 radical (unpaired) electrons. The van der Waals surface area contributed by atoms with Gasteiger partial charge in [-0.25, -0.2) is 10.1 Å². The fourth-order valence-electron chi connectivity index (χ4n) is 2.81. The van der Waals surface area contributed by atoms with Crippen LogP contribution in [0.4, 0.5) is 0 Å². The Labute approximate surface area is 150 Å². The molecule has 0 saturated heterocycles. The molecule has 0 spiro atoms. The predicted molar refractivity (Wildman–Crippen MR) is 102 cm³/mol. The van der Waals surface area contributed by atoms with Crippen molar-refractivity contribution in [1.29, 1.82) is 0 Å². The molecule has 0 aliphatic rings. The van der Waals surface area contributed by atoms with E-state index in [1.165, 1.54) is 5.39 Å². The van der Waals surface area contributed by atoms with Gasteiger partial charge >= 0.3 is 0 Å². The van der Waals surface area contributed by atoms with Crippen molar-refractivity contribution in [2.45, 2.75) is 13.0 Å². The van der Waals surface area contributed by atoms with Gasteiger partial charge in [0.15, 0.2) is 0 Å². The third-order valence-electron chi connectivity index (χ3n) is 4.15. The second kappa shape index (κ2) is 7.14. The van der Waals surface area contributed by atoms with Gasteiger partial charge in [0.2, 0.25) is 5.91 Å². The summed E-state index contributed by atoms with van der Waals surface area (Å²) >= 11 is 0. The zero-order valence-corrected chi connectivity index (χ0v) is 14.0. The lowest BCUT2D eigenvalue weighted by Crippen LogP contribution is -2.19. The number of fused-ring (bicyclic) bond motifs is 2. The number of para-hydroxylation sites is 1. The summed E-state index contributed by atoms with van der Waals surface area (Å²) in [7, 11) is 0. The molecule has 0 bridgehead atoms. The van der Waals surface area contributed by atoms with Gasteiger partial charge in [-0.3, -0.25) is 4.79 Å². The molecule has 0 saturated carbocycles. The third kappa shape index (κ3) is 3.44. The van der Waals surface area contributed by atoms with Crippen LogP contribution in [0.15, 0.2) is 71.8 Å². The lowest BCUT2D eigenvalue weighted by molar-refractivity contribution is -0.121. The molecule has 26 heavy (non-hydrogen) atoms. The van der Waals surface area contributed by atoms with E-state index in [0.29, 0.717) is 6.54 Å². The number of aryl methyl sites for hydroxylation is 1. The first-order valence-electron chi connectivity index (χ1n) is 8.38. The predicted octanol–water partition coefficient (Wildman–Crippen LogP) is 3.12. The number of hydrogen-bond donors (Lipinski definition) is 1. The van der Waals surface area contributed by atoms with E-state index in [9.17, 15) is 4.79 Å². The van der Waals surface area contributed by atoms with Gasteiger partial charge in [0, 0.05) is 6.42 Å². The van der Waals surface area contributed by atoms with Crippen molar-refractivity contribution in [1.82, 2.24) is 20.4 Å². The topological polar surface area (TPSA) is 72.2 Å². The highest BCUT2D eigenvalue weighted by molar-refractivity contribution is 5.90. The largest absolute Gasteiger partial charge is 0.273 e. The Morgan fingerprint density at radius 1 is 1.04 bits per heavy atom. The van der Waals surface area contributed by atoms with Crippen LogP contribution >= 0.6 is 0 Å². The Balaban J connectivity index is 1.35. The van der Waals surface area contributed by atoms with Crippen LogP contribution < -0.4 is 5.43 Å². The molecule has 6 heteroatoms. The van der Waals surface area contributed by atoms with Crippen molar-refractivity contribution in [2.24, 2.45) is 5.10 Å². The molecule has 4 aromatic rings. The smallest absolute Gasteiger partial charge is 0.241 e. The summed E-state index contributed by atoms with van der Waals surface area (Å²) in [6, 6.07) is 21.8. The van der Waals surface area contributed by atoms with Gasteiger partial charge < -0.3 is 0 Å². The summed E-state index contributed by atoms with van der Waals surface area (Å²) in [5.41, 5.74) is 5.23. The fourth-order valence-corrected chi connectivity index (χ4v) is 2.81. The van der Waals surface area contributed by atoms with Crippen molar-refractivity contribution in [3.05, 3.63) is 72.3 Å². The summed E-state index contributed by atoms with van der Waals surface area (Å²) < 4.78 is 1.72. The molecular weight excluding hydrogens is 326 g/mol. The van der Waals surface area contributed by atoms with Gasteiger partial charge in [-0.1, -0.05) is 53.7 Å². The summed E-state index contributed by atoms with van der Waals surface area (Å²) in [6.07, 6.45) is 1.93. The second-order valence-corrected chi connectivity index (χ2v) is 5.95. The highest BCUT2D eigenvalue weighted by Gasteiger charge is 2.06. The van der Waals surface area contributed by atoms with Gasteiger partial charge in [0.25, 0.3) is 0 Å². The van der Waals surface area contributed by atoms with Gasteiger partial charge in [0.05, 0.1) is 18.3 Å². The van der Waals surface area contributed by atoms with E-state index in [-0.39, 0.29) is 12.3 Å². The van der Waals surface area contributed by atoms with E-state index in [0.717, 1.165) is 22.0 Å². The maximum atomic E-state index is 12.0. The van der Waals surface area contributed by atoms with E-state index in [4.69, 9.17) is 0 Å². The quantitative estimate of drug-likeness (QED) is 0.447. The van der Waals surface area contributed by atoms with Gasteiger partial charge in [0.1, 0.15) is 5.52 Å². The molecule has 4 rings (SSSR count). The molecule has 6 nitrogen and oxygen atoms in total. The first-order chi connectivity index (χ1) is 12.8. The SMILES string of the molecule is O=C(CCn1nnc2ccccc21)N/N=C/c1ccc2ccccc2c1. The lowest BCUT2D eigenvalue weighted by Gasteiger charge is -2.02. The monoisotopic (exact) mass is 343 g/mol. The molecule has 0 aliphatic carbocycles. The number of benzene rings is 3. The highest BCUT2D eigenvalue weighted by atomic mass is 16.2. The number of hydrazone groups is 1. The summed E-state index contributed by atoms with van der Waals surface area (Å²) in [5.74, 6) is -0.165. The van der Waals surface area contributed by atoms with Gasteiger partial charge in [-0.15, -0.1) is 5.10 Å². The Kier molecular flexibility index (Phi) is 4.38. The molecule has 1 aromatic heterocycles. The summed E-state index contributed by atoms with van der Waals surface area (Å²) in [6.45, 7) is 0.456. The molecular formula is C20H17N5O. The van der Waals surface area contributed by atoms with Crippen LogP contribution in [0.3, 0.4) is 0 Å². The lowest BCUT2D eigenvalue weighted by atomic mass is 10.1. The Hall–Kier alpha value is -3.54. The Bertz CT molecular complexity index is 1100. The van der Waals surface area contributed by atoms with Crippen molar-refractivity contribution < 1.29 is 4.79 Å². The van der Waals surface area contributed by atoms with Crippen molar-refractivity contribution in [3.63, 3.8) is 0 Å². The maximum Gasteiger partial charge on any atom is 0.241 e. The van der Waals surface area contributed by atoms with Crippen LogP contribution in [0, 0.1) is 0 Å². The maximum absolute atomic E-state index is 12.0. The molecule has 1 amide bonds. The number of nitrogens with zero attached hydrogens (tertiary/aromatic N) is 4. The Morgan fingerprint density at radius 3 is 2.77 bits per heavy atom. The highest BCUT2D eigenvalue weighted by Crippen LogP contribution is 2.14. The molecule has 128 valence electrons. The van der Waals surface area contributed by atoms with Crippen molar-refractivity contribution in [2.75, 3.05) is 0 Å². The fraction of sp³-hybridized carbons (Fsp3) is 0.100. The molecule has 1 N–H and O–H groups in total. The zero-order valence-electron chi connectivity index (χ0n) is 14.0. The molecule has 0 fully saturated rings. The summed E-state index contributed by atoms with van der Waals surface area (Å²) in [4.78, 5) is 12.0. The van der Waals surface area contributed by atoms with E-state index < -0.39 is 0 Å². The average Bonchev–Trinajstić information content (AvgIpc) is 3.09. The normalized spacial score (nSPS) is 11.4. The number of hydrogen-bond acceptors (Lipinski definition) is 4. The van der Waals surface area contributed by atoms with Crippen LogP contribution in [-0.2, 0) is 11.3 Å². The molecule has 1 heterocycles. The minimum atomic E-state index is -0.165. The van der Waals surface area contributed by atoms with Crippen LogP contribution in [0.1, 0.15) is 12.0 Å². The standard InChI is InChI=1S/C20H17N5O/c26-20(11-12-25-19-8-4-3-7-18(19)22-24-25)23-21-14-15-9-10-16-5-1-2-6-17(16)13-15/h1-10,13-14H,11-12H2,(H,23,26)/b21-14+. The number of amides is 1. The number of carbonyl (C=O) groups is 1. The first-order valence-corrected chi connectivity index (χ1v) is 8.38. The molecule has 0 aliphatic heterocycles. The van der Waals surface area contributed by atoms with Crippen molar-refractivity contribution in [3.8, 4) is 0 Å². The van der Waals surface area contributed by atoms with E-state index in [2.05, 4.69) is 26.9 Å². The van der Waals surface area contributed by atoms with Crippen molar-refractivity contribution >= 4 is 33.9 Å². The van der Waals surface area contributed by atoms with Gasteiger partial charge in [-0.05, 0) is 34.5 Å². The average molecular weight is 343 g/mol. The van der Waals surface area contributed by atoms with Crippen LogP contribution in [0.5, 0.6) is 0 Å². The number of carbonyl (C=O) groups excluding carboxylic acids is 1. The van der Waals surface area contributed by atoms with Crippen LogP contribution in [0.25, 0.3) is 21.8 Å². The molecule has 0 unspecified atom stereocenters. The zero-order chi connectivity index (χ0) is 17.8. The third-order valence-corrected chi connectivity index (χ3v) is 4.15. The van der Waals surface area contributed by atoms with Crippen LogP contribution in [0.2, 0.25) is 0 Å². The number of nitrogens with one attached hydrogen (secondary N) is 1. The first kappa shape index (κ1) is 16.0. The minimum Gasteiger partial charge on any atom is -0.273 e. The van der Waals surface area contributed by atoms with E-state index in [1.807, 2.05) is 60.7 Å². The second-order valence-electron chi connectivity index (χ2n) is 5.95. The van der Waals surface area contributed by atoms with Gasteiger partial charge in [-0.2, -0.15) is 5.10 Å². The summed E-state index contributed by atoms with van der Waals surface area (Å²) in [5, 5.41) is 14.5.